The fourth-order valence-electron chi connectivity index (χ4n) is 4.07. The number of urea groups is 1. The van der Waals surface area contributed by atoms with Crippen molar-refractivity contribution in [2.45, 2.75) is 25.8 Å². The first-order valence-corrected chi connectivity index (χ1v) is 9.52. The molecule has 1 aromatic heterocycles. The summed E-state index contributed by atoms with van der Waals surface area (Å²) < 4.78 is 1.30. The Balaban J connectivity index is 1.69. The molecule has 1 aliphatic heterocycles. The van der Waals surface area contributed by atoms with Gasteiger partial charge in [0.1, 0.15) is 0 Å². The van der Waals surface area contributed by atoms with Crippen LogP contribution in [-0.4, -0.2) is 33.2 Å². The Morgan fingerprint density at radius 3 is 2.48 bits per heavy atom. The Bertz CT molecular complexity index is 1110. The third kappa shape index (κ3) is 3.38. The van der Waals surface area contributed by atoms with Crippen molar-refractivity contribution in [3.05, 3.63) is 77.6 Å². The van der Waals surface area contributed by atoms with Crippen molar-refractivity contribution in [2.24, 2.45) is 0 Å². The number of carboxylic acid groups (broad SMARTS) is 1. The lowest BCUT2D eigenvalue weighted by Crippen LogP contribution is -2.42. The first-order chi connectivity index (χ1) is 13.9. The molecule has 29 heavy (non-hydrogen) atoms. The third-order valence-corrected chi connectivity index (χ3v) is 5.30. The molecule has 2 heterocycles. The monoisotopic (exact) mass is 389 g/mol. The van der Waals surface area contributed by atoms with Gasteiger partial charge in [-0.15, -0.1) is 0 Å². The lowest BCUT2D eigenvalue weighted by Gasteiger charge is -2.29. The quantitative estimate of drug-likeness (QED) is 0.670. The lowest BCUT2D eigenvalue weighted by molar-refractivity contribution is 0.197. The SMILES string of the molecule is CC1(C)CN(C(=O)NCc2ccccc2)C=Cc2c1c1ccccc1n2C(=O)O. The number of carbonyl (C=O) groups excluding carboxylic acids is 1. The van der Waals surface area contributed by atoms with Crippen LogP contribution in [0.1, 0.15) is 30.7 Å². The predicted octanol–water partition coefficient (Wildman–Crippen LogP) is 4.64. The molecule has 0 radical (unpaired) electrons. The van der Waals surface area contributed by atoms with Gasteiger partial charge in [0.25, 0.3) is 0 Å². The summed E-state index contributed by atoms with van der Waals surface area (Å²) in [5.41, 5.74) is 2.77. The Kier molecular flexibility index (Phi) is 4.62. The van der Waals surface area contributed by atoms with Crippen LogP contribution in [0.2, 0.25) is 0 Å². The van der Waals surface area contributed by atoms with Crippen LogP contribution < -0.4 is 5.32 Å². The molecule has 0 atom stereocenters. The van der Waals surface area contributed by atoms with Crippen LogP contribution in [0.15, 0.2) is 60.8 Å². The Morgan fingerprint density at radius 2 is 1.76 bits per heavy atom. The predicted molar refractivity (Wildman–Crippen MR) is 113 cm³/mol. The van der Waals surface area contributed by atoms with Crippen LogP contribution in [-0.2, 0) is 12.0 Å². The van der Waals surface area contributed by atoms with Crippen LogP contribution >= 0.6 is 0 Å². The van der Waals surface area contributed by atoms with Crippen LogP contribution in [0.5, 0.6) is 0 Å². The van der Waals surface area contributed by atoms with Crippen molar-refractivity contribution in [1.29, 1.82) is 0 Å². The second-order valence-electron chi connectivity index (χ2n) is 7.87. The number of aromatic nitrogens is 1. The number of carbonyl (C=O) groups is 2. The van der Waals surface area contributed by atoms with Crippen LogP contribution in [0, 0.1) is 0 Å². The van der Waals surface area contributed by atoms with Crippen molar-refractivity contribution in [1.82, 2.24) is 14.8 Å². The Morgan fingerprint density at radius 1 is 1.07 bits per heavy atom. The molecular weight excluding hydrogens is 366 g/mol. The Labute approximate surface area is 169 Å². The first kappa shape index (κ1) is 18.8. The van der Waals surface area contributed by atoms with E-state index in [9.17, 15) is 14.7 Å². The smallest absolute Gasteiger partial charge is 0.416 e. The van der Waals surface area contributed by atoms with E-state index >= 15 is 0 Å². The fraction of sp³-hybridized carbons (Fsp3) is 0.217. The van der Waals surface area contributed by atoms with Gasteiger partial charge in [0.15, 0.2) is 0 Å². The van der Waals surface area contributed by atoms with E-state index in [2.05, 4.69) is 5.32 Å². The minimum absolute atomic E-state index is 0.213. The number of para-hydroxylation sites is 1. The summed E-state index contributed by atoms with van der Waals surface area (Å²) in [5.74, 6) is 0. The number of benzene rings is 2. The largest absolute Gasteiger partial charge is 0.464 e. The molecule has 0 bridgehead atoms. The minimum atomic E-state index is -1.04. The fourth-order valence-corrected chi connectivity index (χ4v) is 4.07. The van der Waals surface area contributed by atoms with Crippen molar-refractivity contribution >= 4 is 29.1 Å². The molecular formula is C23H23N3O3. The molecule has 2 amide bonds. The number of hydrogen-bond donors (Lipinski definition) is 2. The van der Waals surface area contributed by atoms with Gasteiger partial charge in [-0.3, -0.25) is 0 Å². The molecule has 3 aromatic rings. The molecule has 0 aliphatic carbocycles. The van der Waals surface area contributed by atoms with E-state index in [4.69, 9.17) is 0 Å². The molecule has 0 unspecified atom stereocenters. The minimum Gasteiger partial charge on any atom is -0.464 e. The summed E-state index contributed by atoms with van der Waals surface area (Å²) in [6.07, 6.45) is 2.36. The van der Waals surface area contributed by atoms with Crippen molar-refractivity contribution < 1.29 is 14.7 Å². The molecule has 148 valence electrons. The summed E-state index contributed by atoms with van der Waals surface area (Å²) in [4.78, 5) is 26.4. The van der Waals surface area contributed by atoms with Crippen LogP contribution in [0.4, 0.5) is 9.59 Å². The van der Waals surface area contributed by atoms with Gasteiger partial charge in [-0.2, -0.15) is 0 Å². The average Bonchev–Trinajstić information content (AvgIpc) is 2.98. The zero-order valence-corrected chi connectivity index (χ0v) is 16.4. The number of nitrogens with one attached hydrogen (secondary N) is 1. The normalized spacial score (nSPS) is 15.0. The highest BCUT2D eigenvalue weighted by molar-refractivity contribution is 5.97. The molecule has 4 rings (SSSR count). The Hall–Kier alpha value is -3.54. The maximum atomic E-state index is 12.8. The molecule has 1 aliphatic rings. The molecule has 0 spiro atoms. The highest BCUT2D eigenvalue weighted by Crippen LogP contribution is 2.39. The van der Waals surface area contributed by atoms with E-state index in [1.807, 2.05) is 68.4 Å². The van der Waals surface area contributed by atoms with Gasteiger partial charge in [-0.1, -0.05) is 62.4 Å². The molecule has 0 saturated heterocycles. The summed E-state index contributed by atoms with van der Waals surface area (Å²) in [6.45, 7) is 4.94. The number of nitrogens with zero attached hydrogens (tertiary/aromatic N) is 2. The van der Waals surface area contributed by atoms with E-state index in [1.165, 1.54) is 4.57 Å². The highest BCUT2D eigenvalue weighted by atomic mass is 16.4. The standard InChI is InChI=1S/C23H23N3O3/c1-23(2)15-25(21(27)24-14-16-8-4-3-5-9-16)13-12-19-20(23)17-10-6-7-11-18(17)26(19)22(28)29/h3-13H,14-15H2,1-2H3,(H,24,27)(H,28,29). The number of fused-ring (bicyclic) bond motifs is 3. The van der Waals surface area contributed by atoms with E-state index in [0.29, 0.717) is 24.3 Å². The van der Waals surface area contributed by atoms with Gasteiger partial charge in [0, 0.05) is 30.1 Å². The van der Waals surface area contributed by atoms with E-state index < -0.39 is 11.5 Å². The zero-order valence-electron chi connectivity index (χ0n) is 16.4. The third-order valence-electron chi connectivity index (χ3n) is 5.30. The van der Waals surface area contributed by atoms with E-state index in [1.54, 1.807) is 17.2 Å². The van der Waals surface area contributed by atoms with E-state index in [0.717, 1.165) is 16.5 Å². The summed E-state index contributed by atoms with van der Waals surface area (Å²) >= 11 is 0. The maximum Gasteiger partial charge on any atom is 0.416 e. The number of hydrogen-bond acceptors (Lipinski definition) is 2. The van der Waals surface area contributed by atoms with Crippen molar-refractivity contribution in [3.63, 3.8) is 0 Å². The van der Waals surface area contributed by atoms with Crippen LogP contribution in [0.25, 0.3) is 17.0 Å². The highest BCUT2D eigenvalue weighted by Gasteiger charge is 2.35. The van der Waals surface area contributed by atoms with Gasteiger partial charge >= 0.3 is 12.1 Å². The van der Waals surface area contributed by atoms with Gasteiger partial charge in [0.2, 0.25) is 0 Å². The first-order valence-electron chi connectivity index (χ1n) is 9.52. The summed E-state index contributed by atoms with van der Waals surface area (Å²) in [5, 5.41) is 13.6. The molecule has 6 heteroatoms. The second-order valence-corrected chi connectivity index (χ2v) is 7.87. The lowest BCUT2D eigenvalue weighted by atomic mass is 9.82. The van der Waals surface area contributed by atoms with E-state index in [-0.39, 0.29) is 6.03 Å². The maximum absolute atomic E-state index is 12.8. The summed E-state index contributed by atoms with van der Waals surface area (Å²) in [6, 6.07) is 17.0. The van der Waals surface area contributed by atoms with Crippen LogP contribution in [0.3, 0.4) is 0 Å². The molecule has 2 aromatic carbocycles. The molecule has 0 fully saturated rings. The van der Waals surface area contributed by atoms with Gasteiger partial charge in [0.05, 0.1) is 11.2 Å². The van der Waals surface area contributed by atoms with Crippen molar-refractivity contribution in [3.8, 4) is 0 Å². The molecule has 0 saturated carbocycles. The molecule has 2 N–H and O–H groups in total. The van der Waals surface area contributed by atoms with Crippen molar-refractivity contribution in [2.75, 3.05) is 6.54 Å². The number of amides is 2. The second kappa shape index (κ2) is 7.13. The van der Waals surface area contributed by atoms with Gasteiger partial charge in [-0.25, -0.2) is 14.2 Å². The molecule has 6 nitrogen and oxygen atoms in total. The van der Waals surface area contributed by atoms with Gasteiger partial charge < -0.3 is 15.3 Å². The summed E-state index contributed by atoms with van der Waals surface area (Å²) in [7, 11) is 0. The number of rotatable bonds is 2. The zero-order chi connectivity index (χ0) is 20.6. The topological polar surface area (TPSA) is 74.6 Å². The average molecular weight is 389 g/mol. The van der Waals surface area contributed by atoms with Gasteiger partial charge in [-0.05, 0) is 23.3 Å².